The van der Waals surface area contributed by atoms with Crippen molar-refractivity contribution in [3.63, 3.8) is 0 Å². The maximum Gasteiger partial charge on any atom is 0.128 e. The van der Waals surface area contributed by atoms with Gasteiger partial charge in [0.25, 0.3) is 0 Å². The van der Waals surface area contributed by atoms with Crippen LogP contribution in [0.5, 0.6) is 0 Å². The normalized spacial score (nSPS) is 22.8. The molecule has 1 aromatic carbocycles. The Hall–Kier alpha value is -1.28. The van der Waals surface area contributed by atoms with E-state index in [1.807, 2.05) is 36.4 Å². The van der Waals surface area contributed by atoms with Crippen LogP contribution in [0, 0.1) is 0 Å². The van der Waals surface area contributed by atoms with Crippen LogP contribution in [0.15, 0.2) is 42.7 Å². The first-order chi connectivity index (χ1) is 6.88. The van der Waals surface area contributed by atoms with Crippen LogP contribution in [0.3, 0.4) is 0 Å². The molecule has 0 saturated carbocycles. The van der Waals surface area contributed by atoms with Crippen molar-refractivity contribution in [2.45, 2.75) is 25.0 Å². The minimum absolute atomic E-state index is 0.0950. The first kappa shape index (κ1) is 9.28. The van der Waals surface area contributed by atoms with Crippen LogP contribution in [-0.2, 0) is 4.74 Å². The first-order valence-corrected chi connectivity index (χ1v) is 4.91. The highest BCUT2D eigenvalue weighted by atomic mass is 16.5. The lowest BCUT2D eigenvalue weighted by atomic mass is 10.00. The number of ether oxygens (including phenoxy) is 1. The van der Waals surface area contributed by atoms with E-state index in [0.717, 1.165) is 18.4 Å². The molecule has 2 unspecified atom stereocenters. The number of aliphatic hydroxyl groups excluding tert-OH is 1. The molecule has 0 amide bonds. The Morgan fingerprint density at radius 3 is 2.71 bits per heavy atom. The Kier molecular flexibility index (Phi) is 2.84. The average molecular weight is 190 g/mol. The van der Waals surface area contributed by atoms with E-state index in [1.165, 1.54) is 0 Å². The summed E-state index contributed by atoms with van der Waals surface area (Å²) in [5.41, 5.74) is 0.924. The van der Waals surface area contributed by atoms with Gasteiger partial charge in [0, 0.05) is 0 Å². The van der Waals surface area contributed by atoms with E-state index in [2.05, 4.69) is 0 Å². The second-order valence-corrected chi connectivity index (χ2v) is 3.48. The number of allylic oxidation sites excluding steroid dienone is 1. The molecule has 1 aliphatic heterocycles. The molecule has 1 aliphatic rings. The molecule has 2 atom stereocenters. The largest absolute Gasteiger partial charge is 0.495 e. The van der Waals surface area contributed by atoms with Crippen LogP contribution in [0.2, 0.25) is 0 Å². The predicted octanol–water partition coefficient (Wildman–Crippen LogP) is 2.41. The number of rotatable bonds is 2. The van der Waals surface area contributed by atoms with Gasteiger partial charge in [-0.15, -0.1) is 0 Å². The highest BCUT2D eigenvalue weighted by Gasteiger charge is 2.22. The monoisotopic (exact) mass is 190 g/mol. The molecule has 0 bridgehead atoms. The third-order valence-electron chi connectivity index (χ3n) is 2.46. The molecule has 1 heterocycles. The molecule has 0 aromatic heterocycles. The highest BCUT2D eigenvalue weighted by Crippen LogP contribution is 2.24. The Morgan fingerprint density at radius 1 is 1.29 bits per heavy atom. The van der Waals surface area contributed by atoms with Crippen molar-refractivity contribution in [3.8, 4) is 0 Å². The third-order valence-corrected chi connectivity index (χ3v) is 2.46. The van der Waals surface area contributed by atoms with E-state index in [9.17, 15) is 5.11 Å². The fraction of sp³-hybridized carbons (Fsp3) is 0.333. The van der Waals surface area contributed by atoms with Crippen molar-refractivity contribution in [2.24, 2.45) is 0 Å². The van der Waals surface area contributed by atoms with Crippen molar-refractivity contribution >= 4 is 0 Å². The van der Waals surface area contributed by atoms with Gasteiger partial charge in [0.1, 0.15) is 12.2 Å². The first-order valence-electron chi connectivity index (χ1n) is 4.91. The van der Waals surface area contributed by atoms with Crippen LogP contribution in [0.25, 0.3) is 0 Å². The van der Waals surface area contributed by atoms with Crippen molar-refractivity contribution in [2.75, 3.05) is 0 Å². The lowest BCUT2D eigenvalue weighted by molar-refractivity contribution is -0.00293. The summed E-state index contributed by atoms with van der Waals surface area (Å²) in [7, 11) is 0. The van der Waals surface area contributed by atoms with Crippen LogP contribution in [0.4, 0.5) is 0 Å². The third kappa shape index (κ3) is 1.96. The standard InChI is InChI=1S/C12H14O2/c13-12(10-6-2-1-3-7-10)11-8-4-5-9-14-11/h1-3,5-7,9,11-13H,4,8H2. The highest BCUT2D eigenvalue weighted by molar-refractivity contribution is 5.18. The van der Waals surface area contributed by atoms with Crippen molar-refractivity contribution in [1.82, 2.24) is 0 Å². The molecular weight excluding hydrogens is 176 g/mol. The second kappa shape index (κ2) is 4.29. The summed E-state index contributed by atoms with van der Waals surface area (Å²) in [5.74, 6) is 0. The minimum atomic E-state index is -0.513. The molecule has 0 spiro atoms. The topological polar surface area (TPSA) is 29.5 Å². The fourth-order valence-corrected chi connectivity index (χ4v) is 1.65. The molecule has 0 fully saturated rings. The Bertz CT molecular complexity index is 305. The summed E-state index contributed by atoms with van der Waals surface area (Å²) in [5, 5.41) is 9.99. The molecule has 1 aromatic rings. The summed E-state index contributed by atoms with van der Waals surface area (Å²) < 4.78 is 5.36. The van der Waals surface area contributed by atoms with Gasteiger partial charge in [-0.1, -0.05) is 30.3 Å². The lowest BCUT2D eigenvalue weighted by Gasteiger charge is -2.24. The molecule has 0 radical (unpaired) electrons. The van der Waals surface area contributed by atoms with Crippen molar-refractivity contribution in [3.05, 3.63) is 48.2 Å². The Labute approximate surface area is 83.8 Å². The minimum Gasteiger partial charge on any atom is -0.495 e. The molecule has 0 saturated heterocycles. The lowest BCUT2D eigenvalue weighted by Crippen LogP contribution is -2.21. The number of aliphatic hydroxyl groups is 1. The van der Waals surface area contributed by atoms with Gasteiger partial charge in [0.2, 0.25) is 0 Å². The van der Waals surface area contributed by atoms with Crippen molar-refractivity contribution in [1.29, 1.82) is 0 Å². The van der Waals surface area contributed by atoms with E-state index in [4.69, 9.17) is 4.74 Å². The molecule has 2 heteroatoms. The van der Waals surface area contributed by atoms with Gasteiger partial charge in [0.05, 0.1) is 6.26 Å². The summed E-state index contributed by atoms with van der Waals surface area (Å²) in [4.78, 5) is 0. The fourth-order valence-electron chi connectivity index (χ4n) is 1.65. The summed E-state index contributed by atoms with van der Waals surface area (Å²) >= 11 is 0. The number of benzene rings is 1. The smallest absolute Gasteiger partial charge is 0.128 e. The van der Waals surface area contributed by atoms with Crippen LogP contribution < -0.4 is 0 Å². The van der Waals surface area contributed by atoms with Gasteiger partial charge in [-0.05, 0) is 24.5 Å². The molecule has 0 aliphatic carbocycles. The zero-order valence-electron chi connectivity index (χ0n) is 7.97. The SMILES string of the molecule is OC(c1ccccc1)C1CCC=CO1. The maximum absolute atomic E-state index is 9.99. The predicted molar refractivity (Wildman–Crippen MR) is 54.6 cm³/mol. The zero-order chi connectivity index (χ0) is 9.80. The van der Waals surface area contributed by atoms with Gasteiger partial charge in [-0.2, -0.15) is 0 Å². The summed E-state index contributed by atoms with van der Waals surface area (Å²) in [6, 6.07) is 9.64. The van der Waals surface area contributed by atoms with E-state index in [0.29, 0.717) is 0 Å². The van der Waals surface area contributed by atoms with Gasteiger partial charge in [-0.3, -0.25) is 0 Å². The second-order valence-electron chi connectivity index (χ2n) is 3.48. The Morgan fingerprint density at radius 2 is 2.07 bits per heavy atom. The van der Waals surface area contributed by atoms with E-state index in [1.54, 1.807) is 6.26 Å². The van der Waals surface area contributed by atoms with Gasteiger partial charge < -0.3 is 9.84 Å². The van der Waals surface area contributed by atoms with E-state index < -0.39 is 6.10 Å². The van der Waals surface area contributed by atoms with Crippen LogP contribution in [0.1, 0.15) is 24.5 Å². The summed E-state index contributed by atoms with van der Waals surface area (Å²) in [6.07, 6.45) is 4.92. The summed E-state index contributed by atoms with van der Waals surface area (Å²) in [6.45, 7) is 0. The van der Waals surface area contributed by atoms with Gasteiger partial charge in [0.15, 0.2) is 0 Å². The molecule has 74 valence electrons. The Balaban J connectivity index is 2.08. The molecule has 2 rings (SSSR count). The van der Waals surface area contributed by atoms with E-state index >= 15 is 0 Å². The molecule has 1 N–H and O–H groups in total. The molecule has 2 nitrogen and oxygen atoms in total. The maximum atomic E-state index is 9.99. The number of hydrogen-bond donors (Lipinski definition) is 1. The van der Waals surface area contributed by atoms with Gasteiger partial charge >= 0.3 is 0 Å². The van der Waals surface area contributed by atoms with E-state index in [-0.39, 0.29) is 6.10 Å². The molecule has 14 heavy (non-hydrogen) atoms. The molecular formula is C12H14O2. The van der Waals surface area contributed by atoms with Crippen LogP contribution in [-0.4, -0.2) is 11.2 Å². The quantitative estimate of drug-likeness (QED) is 0.776. The van der Waals surface area contributed by atoms with Gasteiger partial charge in [-0.25, -0.2) is 0 Å². The zero-order valence-corrected chi connectivity index (χ0v) is 7.97. The number of hydrogen-bond acceptors (Lipinski definition) is 2. The van der Waals surface area contributed by atoms with Crippen LogP contribution >= 0.6 is 0 Å². The van der Waals surface area contributed by atoms with Crippen molar-refractivity contribution < 1.29 is 9.84 Å². The average Bonchev–Trinajstić information content (AvgIpc) is 2.30.